The number of rotatable bonds is 2. The number of anilines is 1. The van der Waals surface area contributed by atoms with Gasteiger partial charge in [0.25, 0.3) is 0 Å². The Morgan fingerprint density at radius 3 is 2.78 bits per heavy atom. The molecule has 1 fully saturated rings. The first kappa shape index (κ1) is 16.5. The number of nitrogens with two attached hydrogens (primary N) is 1. The summed E-state index contributed by atoms with van der Waals surface area (Å²) in [5.41, 5.74) is 5.50. The normalized spacial score (nSPS) is 26.4. The zero-order valence-corrected chi connectivity index (χ0v) is 14.5. The van der Waals surface area contributed by atoms with Crippen molar-refractivity contribution in [2.24, 2.45) is 16.6 Å². The Hall–Kier alpha value is -1.38. The molecule has 2 aromatic heterocycles. The Balaban J connectivity index is 0.00000156. The largest absolute Gasteiger partial charge is 0.379 e. The van der Waals surface area contributed by atoms with Gasteiger partial charge in [-0.3, -0.25) is 0 Å². The molecule has 4 rings (SSSR count). The fraction of sp³-hybridized carbons (Fsp3) is 0.357. The average molecular weight is 372 g/mol. The third-order valence-electron chi connectivity index (χ3n) is 4.13. The molecule has 0 radical (unpaired) electrons. The van der Waals surface area contributed by atoms with Crippen molar-refractivity contribution in [3.05, 3.63) is 40.6 Å². The van der Waals surface area contributed by atoms with Gasteiger partial charge in [-0.1, -0.05) is 11.8 Å². The lowest BCUT2D eigenvalue weighted by atomic mass is 9.87. The minimum atomic E-state index is -0.483. The average Bonchev–Trinajstić information content (AvgIpc) is 3.12. The van der Waals surface area contributed by atoms with E-state index in [-0.39, 0.29) is 23.5 Å². The van der Waals surface area contributed by atoms with Crippen molar-refractivity contribution in [1.29, 1.82) is 0 Å². The molecule has 4 heterocycles. The molecule has 2 N–H and O–H groups in total. The number of hydrogen-bond donors (Lipinski definition) is 1. The molecule has 0 unspecified atom stereocenters. The molecule has 9 heteroatoms. The van der Waals surface area contributed by atoms with Crippen LogP contribution in [0.15, 0.2) is 35.6 Å². The Bertz CT molecular complexity index is 725. The molecule has 122 valence electrons. The summed E-state index contributed by atoms with van der Waals surface area (Å²) in [6.45, 7) is 1.43. The van der Waals surface area contributed by atoms with Crippen LogP contribution in [-0.4, -0.2) is 34.0 Å². The van der Waals surface area contributed by atoms with Crippen LogP contribution in [0, 0.1) is 11.0 Å². The third kappa shape index (κ3) is 2.79. The lowest BCUT2D eigenvalue weighted by molar-refractivity contribution is 0.395. The maximum absolute atomic E-state index is 13.5. The van der Waals surface area contributed by atoms with Gasteiger partial charge in [-0.2, -0.15) is 4.39 Å². The lowest BCUT2D eigenvalue weighted by Crippen LogP contribution is -2.39. The number of amidine groups is 1. The molecule has 2 aliphatic heterocycles. The van der Waals surface area contributed by atoms with Gasteiger partial charge < -0.3 is 10.6 Å². The zero-order chi connectivity index (χ0) is 15.2. The first-order chi connectivity index (χ1) is 10.7. The SMILES string of the molecule is Cl.NC1=N[C@@]2(c3ccc(F)s3)CN(c3ncccn3)C[C@H]2CS1. The molecule has 2 aliphatic rings. The number of halogens is 2. The highest BCUT2D eigenvalue weighted by Gasteiger charge is 2.51. The van der Waals surface area contributed by atoms with Gasteiger partial charge in [-0.05, 0) is 18.2 Å². The first-order valence-corrected chi connectivity index (χ1v) is 8.73. The van der Waals surface area contributed by atoms with E-state index in [1.807, 2.05) is 6.07 Å². The molecular weight excluding hydrogens is 357 g/mol. The van der Waals surface area contributed by atoms with Crippen LogP contribution < -0.4 is 10.6 Å². The van der Waals surface area contributed by atoms with Crippen LogP contribution in [0.5, 0.6) is 0 Å². The van der Waals surface area contributed by atoms with Gasteiger partial charge in [0.15, 0.2) is 10.3 Å². The molecule has 2 atom stereocenters. The van der Waals surface area contributed by atoms with Crippen molar-refractivity contribution in [2.75, 3.05) is 23.7 Å². The van der Waals surface area contributed by atoms with Gasteiger partial charge in [0, 0.05) is 35.5 Å². The Labute approximate surface area is 147 Å². The summed E-state index contributed by atoms with van der Waals surface area (Å²) in [4.78, 5) is 16.4. The van der Waals surface area contributed by atoms with Gasteiger partial charge in [0.2, 0.25) is 5.95 Å². The zero-order valence-electron chi connectivity index (χ0n) is 12.1. The standard InChI is InChI=1S/C14H14FN5S2.ClH/c15-11-3-2-10(22-11)14-8-20(13-17-4-1-5-18-13)6-9(14)7-21-12(16)19-14;/h1-5,9H,6-8H2,(H2,16,19);1H/t9-,14-;/m0./s1. The topological polar surface area (TPSA) is 67.4 Å². The number of aliphatic imine (C=N–C) groups is 1. The third-order valence-corrected chi connectivity index (χ3v) is 6.12. The van der Waals surface area contributed by atoms with Crippen molar-refractivity contribution < 1.29 is 4.39 Å². The fourth-order valence-electron chi connectivity index (χ4n) is 3.12. The van der Waals surface area contributed by atoms with Crippen molar-refractivity contribution in [3.63, 3.8) is 0 Å². The molecule has 0 bridgehead atoms. The Morgan fingerprint density at radius 1 is 1.30 bits per heavy atom. The number of thioether (sulfide) groups is 1. The first-order valence-electron chi connectivity index (χ1n) is 6.93. The van der Waals surface area contributed by atoms with Crippen LogP contribution in [0.3, 0.4) is 0 Å². The quantitative estimate of drug-likeness (QED) is 0.878. The predicted molar refractivity (Wildman–Crippen MR) is 95.0 cm³/mol. The number of hydrogen-bond acceptors (Lipinski definition) is 7. The summed E-state index contributed by atoms with van der Waals surface area (Å²) in [7, 11) is 0. The van der Waals surface area contributed by atoms with E-state index in [2.05, 4.69) is 14.9 Å². The second-order valence-corrected chi connectivity index (χ2v) is 7.49. The van der Waals surface area contributed by atoms with E-state index in [4.69, 9.17) is 10.7 Å². The highest BCUT2D eigenvalue weighted by molar-refractivity contribution is 8.13. The number of thiophene rings is 1. The monoisotopic (exact) mass is 371 g/mol. The molecule has 0 amide bonds. The van der Waals surface area contributed by atoms with E-state index >= 15 is 0 Å². The second kappa shape index (κ2) is 6.26. The van der Waals surface area contributed by atoms with E-state index in [0.717, 1.165) is 28.5 Å². The summed E-state index contributed by atoms with van der Waals surface area (Å²) in [5.74, 6) is 1.83. The predicted octanol–water partition coefficient (Wildman–Crippen LogP) is 2.49. The van der Waals surface area contributed by atoms with E-state index in [9.17, 15) is 4.39 Å². The number of nitrogens with zero attached hydrogens (tertiary/aromatic N) is 4. The van der Waals surface area contributed by atoms with E-state index in [1.165, 1.54) is 6.07 Å². The van der Waals surface area contributed by atoms with E-state index in [0.29, 0.717) is 17.7 Å². The van der Waals surface area contributed by atoms with Crippen molar-refractivity contribution >= 4 is 46.6 Å². The minimum absolute atomic E-state index is 0. The Kier molecular flexibility index (Phi) is 4.48. The smallest absolute Gasteiger partial charge is 0.225 e. The molecule has 0 spiro atoms. The number of fused-ring (bicyclic) bond motifs is 1. The molecular formula is C14H15ClFN5S2. The van der Waals surface area contributed by atoms with Crippen LogP contribution in [0.2, 0.25) is 0 Å². The summed E-state index contributed by atoms with van der Waals surface area (Å²) in [6.07, 6.45) is 3.46. The second-order valence-electron chi connectivity index (χ2n) is 5.42. The summed E-state index contributed by atoms with van der Waals surface area (Å²) in [5, 5.41) is 0.380. The van der Waals surface area contributed by atoms with Gasteiger partial charge in [-0.15, -0.1) is 23.7 Å². The minimum Gasteiger partial charge on any atom is -0.379 e. The van der Waals surface area contributed by atoms with Crippen LogP contribution >= 0.6 is 35.5 Å². The van der Waals surface area contributed by atoms with Gasteiger partial charge in [0.1, 0.15) is 5.54 Å². The summed E-state index contributed by atoms with van der Waals surface area (Å²) >= 11 is 2.72. The van der Waals surface area contributed by atoms with Crippen LogP contribution in [-0.2, 0) is 5.54 Å². The van der Waals surface area contributed by atoms with Crippen molar-refractivity contribution in [3.8, 4) is 0 Å². The summed E-state index contributed by atoms with van der Waals surface area (Å²) < 4.78 is 13.5. The van der Waals surface area contributed by atoms with E-state index in [1.54, 1.807) is 30.2 Å². The van der Waals surface area contributed by atoms with Crippen LogP contribution in [0.1, 0.15) is 4.88 Å². The maximum Gasteiger partial charge on any atom is 0.225 e. The summed E-state index contributed by atoms with van der Waals surface area (Å²) in [6, 6.07) is 5.12. The molecule has 23 heavy (non-hydrogen) atoms. The van der Waals surface area contributed by atoms with Gasteiger partial charge >= 0.3 is 0 Å². The van der Waals surface area contributed by atoms with Crippen molar-refractivity contribution in [2.45, 2.75) is 5.54 Å². The highest BCUT2D eigenvalue weighted by atomic mass is 35.5. The van der Waals surface area contributed by atoms with Gasteiger partial charge in [-0.25, -0.2) is 15.0 Å². The molecule has 0 aliphatic carbocycles. The molecule has 1 saturated heterocycles. The molecule has 0 saturated carbocycles. The molecule has 0 aromatic carbocycles. The maximum atomic E-state index is 13.5. The van der Waals surface area contributed by atoms with Crippen molar-refractivity contribution in [1.82, 2.24) is 9.97 Å². The van der Waals surface area contributed by atoms with Crippen LogP contribution in [0.4, 0.5) is 10.3 Å². The van der Waals surface area contributed by atoms with E-state index < -0.39 is 5.54 Å². The van der Waals surface area contributed by atoms with Crippen LogP contribution in [0.25, 0.3) is 0 Å². The fourth-order valence-corrected chi connectivity index (χ4v) is 5.04. The molecule has 2 aromatic rings. The molecule has 5 nitrogen and oxygen atoms in total. The highest BCUT2D eigenvalue weighted by Crippen LogP contribution is 2.47. The Morgan fingerprint density at radius 2 is 2.09 bits per heavy atom. The van der Waals surface area contributed by atoms with Gasteiger partial charge in [0.05, 0.1) is 6.54 Å². The lowest BCUT2D eigenvalue weighted by Gasteiger charge is -2.33. The number of aromatic nitrogens is 2.